The maximum atomic E-state index is 5.48. The van der Waals surface area contributed by atoms with Crippen LogP contribution in [-0.4, -0.2) is 25.0 Å². The molecule has 0 radical (unpaired) electrons. The molecule has 3 rings (SSSR count). The van der Waals surface area contributed by atoms with E-state index in [9.17, 15) is 0 Å². The Hall–Kier alpha value is -1.91. The maximum absolute atomic E-state index is 5.48. The number of hydrogen-bond acceptors (Lipinski definition) is 1. The van der Waals surface area contributed by atoms with E-state index in [4.69, 9.17) is 12.2 Å². The second-order valence-corrected chi connectivity index (χ2v) is 6.21. The van der Waals surface area contributed by atoms with E-state index in [0.717, 1.165) is 31.4 Å². The lowest BCUT2D eigenvalue weighted by Crippen LogP contribution is -3.17. The molecule has 1 atom stereocenters. The number of rotatable bonds is 4. The van der Waals surface area contributed by atoms with Crippen LogP contribution in [0.3, 0.4) is 0 Å². The van der Waals surface area contributed by atoms with E-state index in [1.165, 1.54) is 21.7 Å². The lowest BCUT2D eigenvalue weighted by molar-refractivity contribution is -0.902. The van der Waals surface area contributed by atoms with Gasteiger partial charge in [0.25, 0.3) is 0 Å². The molecule has 1 aliphatic heterocycles. The summed E-state index contributed by atoms with van der Waals surface area (Å²) >= 11 is 5.48. The summed E-state index contributed by atoms with van der Waals surface area (Å²) in [6, 6.07) is 19.2. The number of nitrogens with one attached hydrogen (secondary N) is 2. The van der Waals surface area contributed by atoms with E-state index < -0.39 is 0 Å². The van der Waals surface area contributed by atoms with Gasteiger partial charge in [-0.25, -0.2) is 0 Å². The Bertz CT molecular complexity index is 642. The van der Waals surface area contributed by atoms with Crippen LogP contribution in [-0.2, 0) is 6.42 Å². The first-order valence-electron chi connectivity index (χ1n) is 7.72. The smallest absolute Gasteiger partial charge is 0.182 e. The second-order valence-electron chi connectivity index (χ2n) is 5.82. The van der Waals surface area contributed by atoms with Crippen molar-refractivity contribution in [3.05, 3.63) is 65.7 Å². The normalized spacial score (nSPS) is 18.1. The third-order valence-electron chi connectivity index (χ3n) is 4.04. The summed E-state index contributed by atoms with van der Waals surface area (Å²) in [4.78, 5) is 3.70. The van der Waals surface area contributed by atoms with Crippen molar-refractivity contribution in [1.29, 1.82) is 0 Å². The molecule has 114 valence electrons. The number of hydrogen-bond donors (Lipinski definition) is 2. The van der Waals surface area contributed by atoms with E-state index in [1.54, 1.807) is 0 Å². The number of aryl methyl sites for hydroxylation is 1. The average molecular weight is 312 g/mol. The Morgan fingerprint density at radius 3 is 2.73 bits per heavy atom. The molecule has 2 aromatic rings. The summed E-state index contributed by atoms with van der Waals surface area (Å²) in [6.07, 6.45) is 1.09. The van der Waals surface area contributed by atoms with Crippen molar-refractivity contribution in [3.8, 4) is 0 Å². The maximum Gasteiger partial charge on any atom is 0.182 e. The minimum atomic E-state index is 0.828. The number of nitrogens with zero attached hydrogens (tertiary/aromatic N) is 1. The number of anilines is 1. The summed E-state index contributed by atoms with van der Waals surface area (Å²) in [6.45, 7) is 5.03. The number of quaternary nitrogens is 1. The van der Waals surface area contributed by atoms with Gasteiger partial charge in [-0.3, -0.25) is 4.90 Å². The second kappa shape index (κ2) is 6.90. The summed E-state index contributed by atoms with van der Waals surface area (Å²) in [5.41, 5.74) is 3.83. The third kappa shape index (κ3) is 3.64. The molecule has 0 aromatic heterocycles. The highest BCUT2D eigenvalue weighted by Gasteiger charge is 2.24. The first-order valence-corrected chi connectivity index (χ1v) is 8.13. The van der Waals surface area contributed by atoms with Crippen molar-refractivity contribution in [3.63, 3.8) is 0 Å². The summed E-state index contributed by atoms with van der Waals surface area (Å²) in [5.74, 6) is 0. The molecule has 2 N–H and O–H groups in total. The Kier molecular flexibility index (Phi) is 4.71. The molecule has 22 heavy (non-hydrogen) atoms. The molecular formula is C18H22N3S+. The van der Waals surface area contributed by atoms with Crippen LogP contribution in [0.5, 0.6) is 0 Å². The van der Waals surface area contributed by atoms with E-state index in [0.29, 0.717) is 0 Å². The standard InChI is InChI=1S/C18H21N3S/c1-15-6-5-9-17(12-15)21-14-20(13-19-18(21)22)11-10-16-7-3-2-4-8-16/h2-9,12H,10-11,13-14H2,1H3,(H,19,22)/p+1. The van der Waals surface area contributed by atoms with Crippen molar-refractivity contribution < 1.29 is 4.90 Å². The van der Waals surface area contributed by atoms with Crippen LogP contribution < -0.4 is 15.1 Å². The van der Waals surface area contributed by atoms with Crippen molar-refractivity contribution in [1.82, 2.24) is 5.32 Å². The van der Waals surface area contributed by atoms with Crippen LogP contribution in [0.15, 0.2) is 54.6 Å². The van der Waals surface area contributed by atoms with E-state index in [1.807, 2.05) is 0 Å². The molecule has 2 aromatic carbocycles. The van der Waals surface area contributed by atoms with Gasteiger partial charge in [-0.1, -0.05) is 42.5 Å². The van der Waals surface area contributed by atoms with Gasteiger partial charge in [0.05, 0.1) is 6.54 Å². The van der Waals surface area contributed by atoms with Crippen LogP contribution >= 0.6 is 12.2 Å². The summed E-state index contributed by atoms with van der Waals surface area (Å²) in [5, 5.41) is 4.18. The molecular weight excluding hydrogens is 290 g/mol. The van der Waals surface area contributed by atoms with Crippen molar-refractivity contribution in [2.24, 2.45) is 0 Å². The predicted molar refractivity (Wildman–Crippen MR) is 95.1 cm³/mol. The lowest BCUT2D eigenvalue weighted by Gasteiger charge is -2.35. The molecule has 0 spiro atoms. The van der Waals surface area contributed by atoms with Crippen LogP contribution in [0.1, 0.15) is 11.1 Å². The van der Waals surface area contributed by atoms with Gasteiger partial charge in [0.2, 0.25) is 0 Å². The van der Waals surface area contributed by atoms with Crippen LogP contribution in [0, 0.1) is 6.92 Å². The highest BCUT2D eigenvalue weighted by molar-refractivity contribution is 7.80. The zero-order valence-electron chi connectivity index (χ0n) is 12.9. The van der Waals surface area contributed by atoms with Gasteiger partial charge in [0.1, 0.15) is 0 Å². The van der Waals surface area contributed by atoms with Crippen LogP contribution in [0.2, 0.25) is 0 Å². The zero-order valence-corrected chi connectivity index (χ0v) is 13.7. The fourth-order valence-electron chi connectivity index (χ4n) is 2.78. The molecule has 0 amide bonds. The molecule has 0 aliphatic carbocycles. The topological polar surface area (TPSA) is 19.7 Å². The Morgan fingerprint density at radius 1 is 1.14 bits per heavy atom. The van der Waals surface area contributed by atoms with Crippen LogP contribution in [0.25, 0.3) is 0 Å². The average Bonchev–Trinajstić information content (AvgIpc) is 2.55. The predicted octanol–water partition coefficient (Wildman–Crippen LogP) is 1.73. The number of benzene rings is 2. The fraction of sp³-hybridized carbons (Fsp3) is 0.278. The largest absolute Gasteiger partial charge is 0.315 e. The quantitative estimate of drug-likeness (QED) is 0.839. The molecule has 0 saturated carbocycles. The van der Waals surface area contributed by atoms with E-state index in [-0.39, 0.29) is 0 Å². The highest BCUT2D eigenvalue weighted by atomic mass is 32.1. The Morgan fingerprint density at radius 2 is 1.95 bits per heavy atom. The monoisotopic (exact) mass is 312 g/mol. The van der Waals surface area contributed by atoms with Crippen LogP contribution in [0.4, 0.5) is 5.69 Å². The van der Waals surface area contributed by atoms with Gasteiger partial charge in [-0.15, -0.1) is 0 Å². The number of thiocarbonyl (C=S) groups is 1. The SMILES string of the molecule is Cc1cccc(N2C[NH+](CCc3ccccc3)CNC2=S)c1. The molecule has 3 nitrogen and oxygen atoms in total. The first-order chi connectivity index (χ1) is 10.7. The van der Waals surface area contributed by atoms with Gasteiger partial charge in [0.15, 0.2) is 18.4 Å². The molecule has 1 unspecified atom stereocenters. The fourth-order valence-corrected chi connectivity index (χ4v) is 3.03. The minimum absolute atomic E-state index is 0.828. The van der Waals surface area contributed by atoms with Crippen molar-refractivity contribution >= 4 is 23.0 Å². The molecule has 0 bridgehead atoms. The Balaban J connectivity index is 1.64. The molecule has 1 heterocycles. The summed E-state index contributed by atoms with van der Waals surface area (Å²) in [7, 11) is 0. The molecule has 1 saturated heterocycles. The molecule has 1 aliphatic rings. The minimum Gasteiger partial charge on any atom is -0.315 e. The molecule has 1 fully saturated rings. The highest BCUT2D eigenvalue weighted by Crippen LogP contribution is 2.15. The van der Waals surface area contributed by atoms with Crippen molar-refractivity contribution in [2.45, 2.75) is 13.3 Å². The van der Waals surface area contributed by atoms with Gasteiger partial charge in [-0.05, 0) is 42.4 Å². The third-order valence-corrected chi connectivity index (χ3v) is 4.40. The van der Waals surface area contributed by atoms with Crippen molar-refractivity contribution in [2.75, 3.05) is 24.8 Å². The van der Waals surface area contributed by atoms with E-state index in [2.05, 4.69) is 71.7 Å². The van der Waals surface area contributed by atoms with Gasteiger partial charge < -0.3 is 10.2 Å². The summed E-state index contributed by atoms with van der Waals surface area (Å²) < 4.78 is 0. The first kappa shape index (κ1) is 15.0. The van der Waals surface area contributed by atoms with Gasteiger partial charge in [-0.2, -0.15) is 0 Å². The lowest BCUT2D eigenvalue weighted by atomic mass is 10.1. The van der Waals surface area contributed by atoms with Gasteiger partial charge >= 0.3 is 0 Å². The van der Waals surface area contributed by atoms with Gasteiger partial charge in [0, 0.05) is 12.1 Å². The Labute approximate surface area is 137 Å². The molecule has 4 heteroatoms. The zero-order chi connectivity index (χ0) is 15.4. The van der Waals surface area contributed by atoms with E-state index >= 15 is 0 Å².